The highest BCUT2D eigenvalue weighted by atomic mass is 79.9. The van der Waals surface area contributed by atoms with Crippen molar-refractivity contribution in [3.8, 4) is 0 Å². The van der Waals surface area contributed by atoms with Crippen LogP contribution >= 0.6 is 27.7 Å². The zero-order chi connectivity index (χ0) is 15.5. The van der Waals surface area contributed by atoms with Gasteiger partial charge in [0.2, 0.25) is 0 Å². The third kappa shape index (κ3) is 4.83. The van der Waals surface area contributed by atoms with Crippen molar-refractivity contribution in [2.24, 2.45) is 5.73 Å². The van der Waals surface area contributed by atoms with Crippen molar-refractivity contribution in [2.75, 3.05) is 5.75 Å². The van der Waals surface area contributed by atoms with E-state index in [2.05, 4.69) is 66.0 Å². The average molecular weight is 365 g/mol. The molecule has 1 atom stereocenters. The highest BCUT2D eigenvalue weighted by molar-refractivity contribution is 9.10. The van der Waals surface area contributed by atoms with E-state index in [9.17, 15) is 0 Å². The SMILES string of the molecule is CC(C)(C)c1ccc(C(N)CSc2ccc(Br)cn2)cc1. The van der Waals surface area contributed by atoms with Crippen molar-refractivity contribution in [3.63, 3.8) is 0 Å². The van der Waals surface area contributed by atoms with Crippen molar-refractivity contribution in [1.82, 2.24) is 4.98 Å². The number of aromatic nitrogens is 1. The van der Waals surface area contributed by atoms with Crippen LogP contribution in [-0.4, -0.2) is 10.7 Å². The maximum atomic E-state index is 6.27. The Bertz CT molecular complexity index is 573. The van der Waals surface area contributed by atoms with E-state index in [0.717, 1.165) is 15.3 Å². The first-order valence-corrected chi connectivity index (χ1v) is 8.74. The van der Waals surface area contributed by atoms with Crippen LogP contribution < -0.4 is 5.73 Å². The van der Waals surface area contributed by atoms with Gasteiger partial charge in [0.05, 0.1) is 5.03 Å². The molecule has 21 heavy (non-hydrogen) atoms. The lowest BCUT2D eigenvalue weighted by molar-refractivity contribution is 0.589. The second-order valence-corrected chi connectivity index (χ2v) is 8.06. The average Bonchev–Trinajstić information content (AvgIpc) is 2.45. The number of rotatable bonds is 4. The van der Waals surface area contributed by atoms with Crippen molar-refractivity contribution >= 4 is 27.7 Å². The van der Waals surface area contributed by atoms with Crippen LogP contribution in [0.1, 0.15) is 37.9 Å². The molecule has 0 radical (unpaired) electrons. The summed E-state index contributed by atoms with van der Waals surface area (Å²) in [6, 6.07) is 12.7. The molecule has 2 nitrogen and oxygen atoms in total. The predicted octanol–water partition coefficient (Wildman–Crippen LogP) is 4.93. The summed E-state index contributed by atoms with van der Waals surface area (Å²) in [7, 11) is 0. The molecule has 2 aromatic rings. The summed E-state index contributed by atoms with van der Waals surface area (Å²) < 4.78 is 0.994. The fourth-order valence-corrected chi connectivity index (χ4v) is 3.02. The number of nitrogens with zero attached hydrogens (tertiary/aromatic N) is 1. The van der Waals surface area contributed by atoms with Crippen LogP contribution in [-0.2, 0) is 5.41 Å². The van der Waals surface area contributed by atoms with E-state index in [0.29, 0.717) is 0 Å². The van der Waals surface area contributed by atoms with E-state index >= 15 is 0 Å². The highest BCUT2D eigenvalue weighted by Crippen LogP contribution is 2.26. The van der Waals surface area contributed by atoms with E-state index in [1.807, 2.05) is 18.3 Å². The predicted molar refractivity (Wildman–Crippen MR) is 94.7 cm³/mol. The van der Waals surface area contributed by atoms with Gasteiger partial charge in [-0.15, -0.1) is 11.8 Å². The summed E-state index contributed by atoms with van der Waals surface area (Å²) in [5.41, 5.74) is 8.96. The monoisotopic (exact) mass is 364 g/mol. The number of hydrogen-bond acceptors (Lipinski definition) is 3. The molecule has 2 N–H and O–H groups in total. The first-order chi connectivity index (χ1) is 9.86. The smallest absolute Gasteiger partial charge is 0.0961 e. The minimum Gasteiger partial charge on any atom is -0.323 e. The fraction of sp³-hybridized carbons (Fsp3) is 0.353. The summed E-state index contributed by atoms with van der Waals surface area (Å²) in [5, 5.41) is 1.000. The summed E-state index contributed by atoms with van der Waals surface area (Å²) >= 11 is 5.07. The number of benzene rings is 1. The van der Waals surface area contributed by atoms with Crippen molar-refractivity contribution < 1.29 is 0 Å². The van der Waals surface area contributed by atoms with Crippen LogP contribution in [0.3, 0.4) is 0 Å². The molecule has 1 unspecified atom stereocenters. The topological polar surface area (TPSA) is 38.9 Å². The van der Waals surface area contributed by atoms with Crippen LogP contribution in [0.25, 0.3) is 0 Å². The first-order valence-electron chi connectivity index (χ1n) is 6.96. The zero-order valence-electron chi connectivity index (χ0n) is 12.6. The maximum absolute atomic E-state index is 6.27. The van der Waals surface area contributed by atoms with E-state index in [-0.39, 0.29) is 11.5 Å². The molecule has 2 rings (SSSR count). The molecule has 0 amide bonds. The molecule has 1 aromatic heterocycles. The number of thioether (sulfide) groups is 1. The van der Waals surface area contributed by atoms with Gasteiger partial charge in [-0.3, -0.25) is 0 Å². The van der Waals surface area contributed by atoms with Crippen LogP contribution in [0.5, 0.6) is 0 Å². The van der Waals surface area contributed by atoms with Gasteiger partial charge >= 0.3 is 0 Å². The molecule has 0 bridgehead atoms. The molecule has 0 fully saturated rings. The molecule has 0 spiro atoms. The van der Waals surface area contributed by atoms with Gasteiger partial charge in [0.25, 0.3) is 0 Å². The Kier molecular flexibility index (Phi) is 5.47. The summed E-state index contributed by atoms with van der Waals surface area (Å²) in [6.07, 6.45) is 1.81. The molecule has 0 saturated carbocycles. The highest BCUT2D eigenvalue weighted by Gasteiger charge is 2.14. The van der Waals surface area contributed by atoms with Crippen molar-refractivity contribution in [3.05, 3.63) is 58.2 Å². The maximum Gasteiger partial charge on any atom is 0.0961 e. The second-order valence-electron chi connectivity index (χ2n) is 6.10. The quantitative estimate of drug-likeness (QED) is 0.781. The van der Waals surface area contributed by atoms with Crippen LogP contribution in [0.15, 0.2) is 52.1 Å². The van der Waals surface area contributed by atoms with E-state index in [1.54, 1.807) is 11.8 Å². The molecular formula is C17H21BrN2S. The van der Waals surface area contributed by atoms with Gasteiger partial charge in [0.1, 0.15) is 0 Å². The molecule has 1 aromatic carbocycles. The molecular weight excluding hydrogens is 344 g/mol. The number of nitrogens with two attached hydrogens (primary N) is 1. The Morgan fingerprint density at radius 2 is 1.81 bits per heavy atom. The molecule has 112 valence electrons. The molecule has 1 heterocycles. The molecule has 0 aliphatic carbocycles. The standard InChI is InChI=1S/C17H21BrN2S/c1-17(2,3)13-6-4-12(5-7-13)15(19)11-21-16-9-8-14(18)10-20-16/h4-10,15H,11,19H2,1-3H3. The Hall–Kier alpha value is -0.840. The second kappa shape index (κ2) is 6.95. The first kappa shape index (κ1) is 16.5. The van der Waals surface area contributed by atoms with Crippen LogP contribution in [0.2, 0.25) is 0 Å². The Labute approximate surface area is 139 Å². The number of hydrogen-bond donors (Lipinski definition) is 1. The van der Waals surface area contributed by atoms with Crippen LogP contribution in [0, 0.1) is 0 Å². The Morgan fingerprint density at radius 1 is 1.14 bits per heavy atom. The summed E-state index contributed by atoms with van der Waals surface area (Å²) in [6.45, 7) is 6.66. The van der Waals surface area contributed by atoms with Gasteiger partial charge in [-0.1, -0.05) is 45.0 Å². The normalized spacial score (nSPS) is 13.2. The van der Waals surface area contributed by atoms with Gasteiger partial charge in [0, 0.05) is 22.5 Å². The van der Waals surface area contributed by atoms with Gasteiger partial charge in [-0.05, 0) is 44.6 Å². The van der Waals surface area contributed by atoms with Gasteiger partial charge in [0.15, 0.2) is 0 Å². The third-order valence-electron chi connectivity index (χ3n) is 3.32. The largest absolute Gasteiger partial charge is 0.323 e. The van der Waals surface area contributed by atoms with Gasteiger partial charge in [-0.25, -0.2) is 4.98 Å². The van der Waals surface area contributed by atoms with E-state index in [1.165, 1.54) is 11.1 Å². The van der Waals surface area contributed by atoms with Gasteiger partial charge in [-0.2, -0.15) is 0 Å². The Balaban J connectivity index is 1.97. The molecule has 4 heteroatoms. The lowest BCUT2D eigenvalue weighted by Gasteiger charge is -2.20. The number of halogens is 1. The summed E-state index contributed by atoms with van der Waals surface area (Å²) in [4.78, 5) is 4.35. The lowest BCUT2D eigenvalue weighted by atomic mass is 9.86. The minimum absolute atomic E-state index is 0.0227. The molecule has 0 aliphatic rings. The number of pyridine rings is 1. The van der Waals surface area contributed by atoms with E-state index < -0.39 is 0 Å². The zero-order valence-corrected chi connectivity index (χ0v) is 15.0. The fourth-order valence-electron chi connectivity index (χ4n) is 1.95. The molecule has 0 saturated heterocycles. The lowest BCUT2D eigenvalue weighted by Crippen LogP contribution is -2.15. The summed E-state index contributed by atoms with van der Waals surface area (Å²) in [5.74, 6) is 0.823. The van der Waals surface area contributed by atoms with Gasteiger partial charge < -0.3 is 5.73 Å². The minimum atomic E-state index is 0.0227. The van der Waals surface area contributed by atoms with Crippen molar-refractivity contribution in [2.45, 2.75) is 37.3 Å². The Morgan fingerprint density at radius 3 is 2.33 bits per heavy atom. The third-order valence-corrected chi connectivity index (χ3v) is 4.85. The van der Waals surface area contributed by atoms with Crippen LogP contribution in [0.4, 0.5) is 0 Å². The van der Waals surface area contributed by atoms with Crippen molar-refractivity contribution in [1.29, 1.82) is 0 Å². The molecule has 0 aliphatic heterocycles. The van der Waals surface area contributed by atoms with E-state index in [4.69, 9.17) is 5.73 Å².